The van der Waals surface area contributed by atoms with E-state index in [-0.39, 0.29) is 12.4 Å². The van der Waals surface area contributed by atoms with Crippen LogP contribution in [0, 0.1) is 0 Å². The van der Waals surface area contributed by atoms with E-state index in [9.17, 15) is 13.2 Å². The molecule has 1 saturated carbocycles. The van der Waals surface area contributed by atoms with E-state index in [2.05, 4.69) is 4.18 Å². The molecule has 1 fully saturated rings. The summed E-state index contributed by atoms with van der Waals surface area (Å²) in [5, 5.41) is 0. The zero-order valence-electron chi connectivity index (χ0n) is 9.48. The van der Waals surface area contributed by atoms with Crippen LogP contribution in [-0.2, 0) is 23.6 Å². The molecule has 0 radical (unpaired) electrons. The lowest BCUT2D eigenvalue weighted by Gasteiger charge is -2.18. The smallest absolute Gasteiger partial charge is 0.297 e. The van der Waals surface area contributed by atoms with Gasteiger partial charge in [-0.25, -0.2) is 8.37 Å². The first-order valence-corrected chi connectivity index (χ1v) is 6.99. The summed E-state index contributed by atoms with van der Waals surface area (Å²) in [5.74, 6) is -0.136. The van der Waals surface area contributed by atoms with Gasteiger partial charge < -0.3 is 0 Å². The average molecular weight is 250 g/mol. The van der Waals surface area contributed by atoms with Crippen LogP contribution in [0.2, 0.25) is 0 Å². The minimum Gasteiger partial charge on any atom is -0.297 e. The van der Waals surface area contributed by atoms with Crippen LogP contribution in [0.5, 0.6) is 0 Å². The summed E-state index contributed by atoms with van der Waals surface area (Å²) in [4.78, 5) is 11.6. The minimum atomic E-state index is -4.01. The van der Waals surface area contributed by atoms with Crippen molar-refractivity contribution in [3.8, 4) is 0 Å². The van der Waals surface area contributed by atoms with E-state index >= 15 is 0 Å². The molecule has 0 bridgehead atoms. The molecule has 0 spiro atoms. The maximum absolute atomic E-state index is 11.6. The second kappa shape index (κ2) is 6.32. The molecule has 1 unspecified atom stereocenters. The lowest BCUT2D eigenvalue weighted by Crippen LogP contribution is -2.29. The molecular formula is C10H18O5S. The Morgan fingerprint density at radius 1 is 1.25 bits per heavy atom. The summed E-state index contributed by atoms with van der Waals surface area (Å²) in [7, 11) is -4.01. The molecule has 0 aromatic rings. The van der Waals surface area contributed by atoms with Crippen LogP contribution in [0.15, 0.2) is 0 Å². The van der Waals surface area contributed by atoms with E-state index in [1.165, 1.54) is 0 Å². The highest BCUT2D eigenvalue weighted by atomic mass is 32.3. The van der Waals surface area contributed by atoms with Crippen LogP contribution in [0.3, 0.4) is 0 Å². The SMILES string of the molecule is CCOS(=O)(=O)OC1CCCCCCC1=O. The first-order chi connectivity index (χ1) is 7.55. The number of ketones is 1. The van der Waals surface area contributed by atoms with Gasteiger partial charge in [0.2, 0.25) is 0 Å². The molecule has 0 amide bonds. The molecule has 1 atom stereocenters. The lowest BCUT2D eigenvalue weighted by atomic mass is 9.98. The van der Waals surface area contributed by atoms with Crippen molar-refractivity contribution in [3.05, 3.63) is 0 Å². The second-order valence-corrected chi connectivity index (χ2v) is 5.06. The Bertz CT molecular complexity index is 322. The Kier molecular flexibility index (Phi) is 5.37. The van der Waals surface area contributed by atoms with Gasteiger partial charge in [0.05, 0.1) is 6.61 Å². The molecule has 0 aromatic heterocycles. The van der Waals surface area contributed by atoms with Crippen molar-refractivity contribution in [1.82, 2.24) is 0 Å². The van der Waals surface area contributed by atoms with Crippen molar-refractivity contribution in [2.24, 2.45) is 0 Å². The van der Waals surface area contributed by atoms with Gasteiger partial charge in [0, 0.05) is 6.42 Å². The van der Waals surface area contributed by atoms with E-state index in [0.717, 1.165) is 25.7 Å². The highest BCUT2D eigenvalue weighted by Crippen LogP contribution is 2.18. The van der Waals surface area contributed by atoms with Gasteiger partial charge in [0.15, 0.2) is 5.78 Å². The zero-order valence-corrected chi connectivity index (χ0v) is 10.3. The Hall–Kier alpha value is -0.460. The average Bonchev–Trinajstić information content (AvgIpc) is 2.18. The quantitative estimate of drug-likeness (QED) is 0.757. The summed E-state index contributed by atoms with van der Waals surface area (Å²) >= 11 is 0. The summed E-state index contributed by atoms with van der Waals surface area (Å²) < 4.78 is 31.7. The van der Waals surface area contributed by atoms with Gasteiger partial charge in [0.25, 0.3) is 0 Å². The van der Waals surface area contributed by atoms with Crippen LogP contribution in [0.1, 0.15) is 45.4 Å². The molecular weight excluding hydrogens is 232 g/mol. The van der Waals surface area contributed by atoms with Gasteiger partial charge in [-0.3, -0.25) is 4.79 Å². The van der Waals surface area contributed by atoms with Crippen LogP contribution in [0.25, 0.3) is 0 Å². The Labute approximate surface area is 96.4 Å². The molecule has 0 N–H and O–H groups in total. The van der Waals surface area contributed by atoms with Crippen molar-refractivity contribution in [3.63, 3.8) is 0 Å². The third kappa shape index (κ3) is 4.59. The molecule has 1 aliphatic carbocycles. The van der Waals surface area contributed by atoms with Crippen LogP contribution < -0.4 is 0 Å². The molecule has 0 aliphatic heterocycles. The van der Waals surface area contributed by atoms with Crippen LogP contribution in [0.4, 0.5) is 0 Å². The van der Waals surface area contributed by atoms with Gasteiger partial charge in [-0.1, -0.05) is 19.3 Å². The standard InChI is InChI=1S/C10H18O5S/c1-2-14-16(12,13)15-10-8-6-4-3-5-7-9(10)11/h10H,2-8H2,1H3. The van der Waals surface area contributed by atoms with E-state index in [4.69, 9.17) is 4.18 Å². The van der Waals surface area contributed by atoms with E-state index in [1.54, 1.807) is 6.92 Å². The monoisotopic (exact) mass is 250 g/mol. The Morgan fingerprint density at radius 3 is 2.62 bits per heavy atom. The van der Waals surface area contributed by atoms with Crippen molar-refractivity contribution in [2.75, 3.05) is 6.61 Å². The first kappa shape index (κ1) is 13.6. The summed E-state index contributed by atoms with van der Waals surface area (Å²) in [6.45, 7) is 1.57. The van der Waals surface area contributed by atoms with Gasteiger partial charge in [0.1, 0.15) is 6.10 Å². The molecule has 16 heavy (non-hydrogen) atoms. The highest BCUT2D eigenvalue weighted by Gasteiger charge is 2.26. The third-order valence-electron chi connectivity index (χ3n) is 2.49. The molecule has 6 heteroatoms. The number of Topliss-reactive ketones (excluding diaryl/α,β-unsaturated/α-hetero) is 1. The van der Waals surface area contributed by atoms with Crippen molar-refractivity contribution < 1.29 is 21.6 Å². The predicted octanol–water partition coefficient (Wildman–Crippen LogP) is 1.58. The first-order valence-electron chi connectivity index (χ1n) is 5.65. The number of carbonyl (C=O) groups is 1. The largest absolute Gasteiger partial charge is 0.400 e. The Morgan fingerprint density at radius 2 is 1.94 bits per heavy atom. The van der Waals surface area contributed by atoms with E-state index in [1.807, 2.05) is 0 Å². The van der Waals surface area contributed by atoms with Crippen molar-refractivity contribution in [2.45, 2.75) is 51.6 Å². The van der Waals surface area contributed by atoms with Gasteiger partial charge >= 0.3 is 10.4 Å². The van der Waals surface area contributed by atoms with Crippen LogP contribution in [-0.4, -0.2) is 26.9 Å². The maximum Gasteiger partial charge on any atom is 0.400 e. The van der Waals surface area contributed by atoms with Gasteiger partial charge in [-0.2, -0.15) is 8.42 Å². The molecule has 0 heterocycles. The predicted molar refractivity (Wildman–Crippen MR) is 58.1 cm³/mol. The fourth-order valence-corrected chi connectivity index (χ4v) is 2.55. The molecule has 1 aliphatic rings. The maximum atomic E-state index is 11.6. The molecule has 0 saturated heterocycles. The lowest BCUT2D eigenvalue weighted by molar-refractivity contribution is -0.126. The molecule has 5 nitrogen and oxygen atoms in total. The number of hydrogen-bond donors (Lipinski definition) is 0. The summed E-state index contributed by atoms with van der Waals surface area (Å²) in [6.07, 6.45) is 3.68. The second-order valence-electron chi connectivity index (χ2n) is 3.82. The summed E-state index contributed by atoms with van der Waals surface area (Å²) in [5.41, 5.74) is 0. The van der Waals surface area contributed by atoms with Crippen molar-refractivity contribution in [1.29, 1.82) is 0 Å². The van der Waals surface area contributed by atoms with Crippen molar-refractivity contribution >= 4 is 16.2 Å². The van der Waals surface area contributed by atoms with Gasteiger partial charge in [-0.05, 0) is 19.8 Å². The number of rotatable bonds is 4. The summed E-state index contributed by atoms with van der Waals surface area (Å²) in [6, 6.07) is 0. The molecule has 94 valence electrons. The number of hydrogen-bond acceptors (Lipinski definition) is 5. The normalized spacial score (nSPS) is 23.8. The Balaban J connectivity index is 2.58. The fraction of sp³-hybridized carbons (Fsp3) is 0.900. The third-order valence-corrected chi connectivity index (χ3v) is 3.49. The highest BCUT2D eigenvalue weighted by molar-refractivity contribution is 7.81. The zero-order chi connectivity index (χ0) is 12.0. The van der Waals surface area contributed by atoms with Gasteiger partial charge in [-0.15, -0.1) is 0 Å². The topological polar surface area (TPSA) is 69.7 Å². The fourth-order valence-electron chi connectivity index (χ4n) is 1.72. The minimum absolute atomic E-state index is 0.0171. The van der Waals surface area contributed by atoms with Crippen LogP contribution >= 0.6 is 0 Å². The number of carbonyl (C=O) groups excluding carboxylic acids is 1. The molecule has 0 aromatic carbocycles. The van der Waals surface area contributed by atoms with E-state index < -0.39 is 16.5 Å². The molecule has 1 rings (SSSR count). The van der Waals surface area contributed by atoms with E-state index in [0.29, 0.717) is 12.8 Å².